The Bertz CT molecular complexity index is 763. The van der Waals surface area contributed by atoms with Crippen LogP contribution in [0.25, 0.3) is 10.9 Å². The summed E-state index contributed by atoms with van der Waals surface area (Å²) >= 11 is 0. The van der Waals surface area contributed by atoms with E-state index in [0.717, 1.165) is 47.8 Å². The molecule has 0 aliphatic rings. The van der Waals surface area contributed by atoms with Crippen molar-refractivity contribution in [2.45, 2.75) is 59.4 Å². The van der Waals surface area contributed by atoms with E-state index < -0.39 is 5.97 Å². The van der Waals surface area contributed by atoms with Crippen molar-refractivity contribution in [2.24, 2.45) is 0 Å². The molecule has 124 valence electrons. The number of carbonyl (C=O) groups is 2. The number of unbranched alkanes of at least 4 members (excludes halogenated alkanes) is 1. The third-order valence-corrected chi connectivity index (χ3v) is 4.37. The largest absolute Gasteiger partial charge is 0.478 e. The van der Waals surface area contributed by atoms with Crippen molar-refractivity contribution in [3.8, 4) is 0 Å². The molecule has 0 atom stereocenters. The number of hydrogen-bond acceptors (Lipinski definition) is 2. The van der Waals surface area contributed by atoms with Crippen LogP contribution in [-0.4, -0.2) is 21.9 Å². The summed E-state index contributed by atoms with van der Waals surface area (Å²) in [7, 11) is 0. The van der Waals surface area contributed by atoms with E-state index in [0.29, 0.717) is 5.56 Å². The molecule has 0 amide bonds. The lowest BCUT2D eigenvalue weighted by Gasteiger charge is -2.23. The molecule has 0 aliphatic carbocycles. The number of carboxylic acids is 1. The van der Waals surface area contributed by atoms with Crippen LogP contribution in [0.5, 0.6) is 0 Å². The first-order chi connectivity index (χ1) is 10.7. The lowest BCUT2D eigenvalue weighted by molar-refractivity contribution is 0.0696. The van der Waals surface area contributed by atoms with Gasteiger partial charge in [0.15, 0.2) is 6.29 Å². The van der Waals surface area contributed by atoms with E-state index in [9.17, 15) is 14.7 Å². The Kier molecular flexibility index (Phi) is 4.64. The number of aryl methyl sites for hydroxylation is 1. The Morgan fingerprint density at radius 3 is 2.43 bits per heavy atom. The zero-order valence-electron chi connectivity index (χ0n) is 14.6. The molecule has 0 spiro atoms. The number of nitrogens with zero attached hydrogens (tertiary/aromatic N) is 1. The summed E-state index contributed by atoms with van der Waals surface area (Å²) in [6, 6.07) is 3.38. The number of carboxylic acid groups (broad SMARTS) is 1. The first-order valence-corrected chi connectivity index (χ1v) is 8.08. The van der Waals surface area contributed by atoms with Crippen LogP contribution < -0.4 is 0 Å². The van der Waals surface area contributed by atoms with Crippen molar-refractivity contribution in [3.05, 3.63) is 34.5 Å². The maximum absolute atomic E-state index is 11.6. The second-order valence-electron chi connectivity index (χ2n) is 7.10. The number of aromatic nitrogens is 1. The maximum Gasteiger partial charge on any atom is 0.335 e. The van der Waals surface area contributed by atoms with E-state index in [2.05, 4.69) is 32.3 Å². The highest BCUT2D eigenvalue weighted by Gasteiger charge is 2.25. The van der Waals surface area contributed by atoms with Gasteiger partial charge in [-0.05, 0) is 36.5 Å². The predicted molar refractivity (Wildman–Crippen MR) is 92.6 cm³/mol. The van der Waals surface area contributed by atoms with Crippen LogP contribution >= 0.6 is 0 Å². The number of benzene rings is 1. The molecular weight excluding hydrogens is 290 g/mol. The molecule has 2 aromatic rings. The van der Waals surface area contributed by atoms with Gasteiger partial charge in [0.2, 0.25) is 0 Å². The summed E-state index contributed by atoms with van der Waals surface area (Å²) in [5.74, 6) is -0.965. The van der Waals surface area contributed by atoms with E-state index in [-0.39, 0.29) is 11.0 Å². The van der Waals surface area contributed by atoms with Gasteiger partial charge in [-0.15, -0.1) is 0 Å². The van der Waals surface area contributed by atoms with Gasteiger partial charge >= 0.3 is 5.97 Å². The summed E-state index contributed by atoms with van der Waals surface area (Å²) in [4.78, 5) is 23.1. The molecule has 4 heteroatoms. The third kappa shape index (κ3) is 3.03. The molecule has 23 heavy (non-hydrogen) atoms. The molecule has 0 bridgehead atoms. The van der Waals surface area contributed by atoms with Crippen molar-refractivity contribution in [2.75, 3.05) is 0 Å². The summed E-state index contributed by atoms with van der Waals surface area (Å²) in [6.45, 7) is 11.1. The monoisotopic (exact) mass is 315 g/mol. The highest BCUT2D eigenvalue weighted by Crippen LogP contribution is 2.35. The lowest BCUT2D eigenvalue weighted by atomic mass is 9.84. The van der Waals surface area contributed by atoms with Gasteiger partial charge in [0.1, 0.15) is 0 Å². The second-order valence-corrected chi connectivity index (χ2v) is 7.10. The Balaban J connectivity index is 2.94. The zero-order valence-corrected chi connectivity index (χ0v) is 14.6. The number of fused-ring (bicyclic) bond motifs is 1. The zero-order chi connectivity index (χ0) is 17.4. The molecule has 2 rings (SSSR count). The molecule has 1 aromatic heterocycles. The fourth-order valence-electron chi connectivity index (χ4n) is 3.08. The van der Waals surface area contributed by atoms with Crippen molar-refractivity contribution in [3.63, 3.8) is 0 Å². The Morgan fingerprint density at radius 1 is 1.30 bits per heavy atom. The minimum absolute atomic E-state index is 0.210. The lowest BCUT2D eigenvalue weighted by Crippen LogP contribution is -2.15. The number of rotatable bonds is 5. The van der Waals surface area contributed by atoms with Crippen molar-refractivity contribution in [1.29, 1.82) is 0 Å². The second kappa shape index (κ2) is 6.19. The Labute approximate surface area is 137 Å². The number of carbonyl (C=O) groups excluding carboxylic acids is 1. The summed E-state index contributed by atoms with van der Waals surface area (Å²) in [5.41, 5.74) is 3.51. The van der Waals surface area contributed by atoms with Gasteiger partial charge in [0, 0.05) is 23.2 Å². The van der Waals surface area contributed by atoms with Crippen LogP contribution in [0.2, 0.25) is 0 Å². The molecule has 0 saturated heterocycles. The third-order valence-electron chi connectivity index (χ3n) is 4.37. The van der Waals surface area contributed by atoms with Crippen LogP contribution in [0.1, 0.15) is 72.5 Å². The van der Waals surface area contributed by atoms with Crippen molar-refractivity contribution in [1.82, 2.24) is 4.57 Å². The summed E-state index contributed by atoms with van der Waals surface area (Å²) < 4.78 is 2.18. The highest BCUT2D eigenvalue weighted by molar-refractivity contribution is 6.04. The first kappa shape index (κ1) is 17.3. The minimum atomic E-state index is -0.965. The number of aromatic carboxylic acids is 1. The van der Waals surface area contributed by atoms with Crippen molar-refractivity contribution >= 4 is 23.2 Å². The normalized spacial score (nSPS) is 11.9. The van der Waals surface area contributed by atoms with E-state index >= 15 is 0 Å². The van der Waals surface area contributed by atoms with Gasteiger partial charge in [-0.3, -0.25) is 4.79 Å². The van der Waals surface area contributed by atoms with Crippen LogP contribution in [0.3, 0.4) is 0 Å². The van der Waals surface area contributed by atoms with Crippen LogP contribution in [0.4, 0.5) is 0 Å². The first-order valence-electron chi connectivity index (χ1n) is 8.08. The average Bonchev–Trinajstić information content (AvgIpc) is 2.74. The molecule has 1 heterocycles. The van der Waals surface area contributed by atoms with Crippen molar-refractivity contribution < 1.29 is 14.7 Å². The smallest absolute Gasteiger partial charge is 0.335 e. The minimum Gasteiger partial charge on any atom is -0.478 e. The summed E-state index contributed by atoms with van der Waals surface area (Å²) in [5, 5.41) is 10.2. The number of aldehydes is 1. The maximum atomic E-state index is 11.6. The van der Waals surface area contributed by atoms with Gasteiger partial charge in [-0.1, -0.05) is 34.1 Å². The SMILES string of the molecule is CCCCn1c(C)c(C=O)c2cc(C(=O)O)cc(C(C)(C)C)c21. The van der Waals surface area contributed by atoms with E-state index in [1.165, 1.54) is 0 Å². The quantitative estimate of drug-likeness (QED) is 0.823. The van der Waals surface area contributed by atoms with Gasteiger partial charge in [-0.2, -0.15) is 0 Å². The molecule has 1 aromatic carbocycles. The molecule has 4 nitrogen and oxygen atoms in total. The molecule has 0 saturated carbocycles. The van der Waals surface area contributed by atoms with E-state index in [4.69, 9.17) is 0 Å². The van der Waals surface area contributed by atoms with Gasteiger partial charge in [0.05, 0.1) is 11.1 Å². The molecule has 0 fully saturated rings. The van der Waals surface area contributed by atoms with Crippen LogP contribution in [0.15, 0.2) is 12.1 Å². The summed E-state index contributed by atoms with van der Waals surface area (Å²) in [6.07, 6.45) is 2.93. The predicted octanol–water partition coefficient (Wildman–Crippen LogP) is 4.56. The highest BCUT2D eigenvalue weighted by atomic mass is 16.4. The molecular formula is C19H25NO3. The Morgan fingerprint density at radius 2 is 1.96 bits per heavy atom. The van der Waals surface area contributed by atoms with Gasteiger partial charge in [0.25, 0.3) is 0 Å². The van der Waals surface area contributed by atoms with E-state index in [1.807, 2.05) is 6.92 Å². The van der Waals surface area contributed by atoms with Gasteiger partial charge in [-0.25, -0.2) is 4.79 Å². The Hall–Kier alpha value is -2.10. The number of hydrogen-bond donors (Lipinski definition) is 1. The molecule has 0 unspecified atom stereocenters. The topological polar surface area (TPSA) is 59.3 Å². The molecule has 1 N–H and O–H groups in total. The van der Waals surface area contributed by atoms with Gasteiger partial charge < -0.3 is 9.67 Å². The average molecular weight is 315 g/mol. The van der Waals surface area contributed by atoms with E-state index in [1.54, 1.807) is 12.1 Å². The van der Waals surface area contributed by atoms with Crippen LogP contribution in [0, 0.1) is 6.92 Å². The molecule has 0 radical (unpaired) electrons. The fourth-order valence-corrected chi connectivity index (χ4v) is 3.08. The standard InChI is InChI=1S/C19H25NO3/c1-6-7-8-20-12(2)15(11-21)14-9-13(18(22)23)10-16(17(14)20)19(3,4)5/h9-11H,6-8H2,1-5H3,(H,22,23). The van der Waals surface area contributed by atoms with Crippen LogP contribution in [-0.2, 0) is 12.0 Å². The fraction of sp³-hybridized carbons (Fsp3) is 0.474. The molecule has 0 aliphatic heterocycles.